The molecule has 2 atom stereocenters. The molecule has 0 amide bonds. The molecule has 0 spiro atoms. The molecule has 1 saturated carbocycles. The van der Waals surface area contributed by atoms with Crippen molar-refractivity contribution in [1.82, 2.24) is 4.90 Å². The van der Waals surface area contributed by atoms with Crippen molar-refractivity contribution in [2.75, 3.05) is 13.6 Å². The van der Waals surface area contributed by atoms with E-state index in [1.165, 1.54) is 12.8 Å². The maximum Gasteiger partial charge on any atom is 0.102 e. The zero-order valence-electron chi connectivity index (χ0n) is 9.45. The molecule has 1 fully saturated rings. The van der Waals surface area contributed by atoms with E-state index in [2.05, 4.69) is 24.9 Å². The van der Waals surface area contributed by atoms with Gasteiger partial charge in [0, 0.05) is 12.6 Å². The Morgan fingerprint density at radius 3 is 2.64 bits per heavy atom. The van der Waals surface area contributed by atoms with Gasteiger partial charge in [0.05, 0.1) is 6.07 Å². The molecule has 1 rings (SSSR count). The first kappa shape index (κ1) is 11.5. The molecule has 0 aromatic rings. The first-order chi connectivity index (χ1) is 6.46. The molecule has 3 nitrogen and oxygen atoms in total. The third-order valence-electron chi connectivity index (χ3n) is 3.24. The van der Waals surface area contributed by atoms with Gasteiger partial charge >= 0.3 is 0 Å². The molecule has 0 aliphatic heterocycles. The molecular weight excluding hydrogens is 174 g/mol. The molecule has 0 saturated heterocycles. The lowest BCUT2D eigenvalue weighted by Crippen LogP contribution is -2.40. The standard InChI is InChI=1S/C11H21N3/c1-9(10-4-5-10)14(3)7-6-11(2,13)8-12/h9-10H,4-7,13H2,1-3H3. The van der Waals surface area contributed by atoms with Crippen LogP contribution in [0, 0.1) is 17.2 Å². The Morgan fingerprint density at radius 2 is 2.21 bits per heavy atom. The number of nitrogens with zero attached hydrogens (tertiary/aromatic N) is 2. The van der Waals surface area contributed by atoms with E-state index in [0.717, 1.165) is 18.9 Å². The minimum Gasteiger partial charge on any atom is -0.314 e. The summed E-state index contributed by atoms with van der Waals surface area (Å²) in [6.07, 6.45) is 3.48. The van der Waals surface area contributed by atoms with E-state index < -0.39 is 5.54 Å². The van der Waals surface area contributed by atoms with Crippen molar-refractivity contribution >= 4 is 0 Å². The van der Waals surface area contributed by atoms with Crippen LogP contribution in [-0.2, 0) is 0 Å². The minimum absolute atomic E-state index is 0.643. The molecule has 1 aliphatic rings. The second-order valence-electron chi connectivity index (χ2n) is 4.84. The summed E-state index contributed by atoms with van der Waals surface area (Å²) in [5.74, 6) is 0.881. The molecule has 2 unspecified atom stereocenters. The fraction of sp³-hybridized carbons (Fsp3) is 0.909. The lowest BCUT2D eigenvalue weighted by Gasteiger charge is -2.27. The maximum atomic E-state index is 8.77. The van der Waals surface area contributed by atoms with Crippen molar-refractivity contribution in [2.45, 2.75) is 44.7 Å². The van der Waals surface area contributed by atoms with E-state index in [0.29, 0.717) is 6.04 Å². The number of rotatable bonds is 5. The van der Waals surface area contributed by atoms with Gasteiger partial charge in [-0.3, -0.25) is 0 Å². The predicted octanol–water partition coefficient (Wildman–Crippen LogP) is 1.35. The molecule has 3 heteroatoms. The molecule has 0 aromatic heterocycles. The molecular formula is C11H21N3. The first-order valence-electron chi connectivity index (χ1n) is 5.36. The van der Waals surface area contributed by atoms with Crippen molar-refractivity contribution in [2.24, 2.45) is 11.7 Å². The van der Waals surface area contributed by atoms with Crippen LogP contribution < -0.4 is 5.73 Å². The lowest BCUT2D eigenvalue weighted by molar-refractivity contribution is 0.221. The quantitative estimate of drug-likeness (QED) is 0.720. The van der Waals surface area contributed by atoms with Crippen LogP contribution in [0.15, 0.2) is 0 Å². The summed E-state index contributed by atoms with van der Waals surface area (Å²) in [4.78, 5) is 2.32. The van der Waals surface area contributed by atoms with Gasteiger partial charge in [0.2, 0.25) is 0 Å². The largest absolute Gasteiger partial charge is 0.314 e. The van der Waals surface area contributed by atoms with Crippen LogP contribution >= 0.6 is 0 Å². The molecule has 14 heavy (non-hydrogen) atoms. The van der Waals surface area contributed by atoms with E-state index in [9.17, 15) is 0 Å². The van der Waals surface area contributed by atoms with Gasteiger partial charge in [-0.05, 0) is 46.1 Å². The highest BCUT2D eigenvalue weighted by Crippen LogP contribution is 2.34. The zero-order chi connectivity index (χ0) is 10.8. The second-order valence-corrected chi connectivity index (χ2v) is 4.84. The number of hydrogen-bond acceptors (Lipinski definition) is 3. The van der Waals surface area contributed by atoms with Gasteiger partial charge < -0.3 is 10.6 Å². The number of hydrogen-bond donors (Lipinski definition) is 1. The van der Waals surface area contributed by atoms with Gasteiger partial charge in [0.15, 0.2) is 0 Å². The summed E-state index contributed by atoms with van der Waals surface area (Å²) in [7, 11) is 2.12. The van der Waals surface area contributed by atoms with E-state index in [4.69, 9.17) is 11.0 Å². The topological polar surface area (TPSA) is 53.0 Å². The Kier molecular flexibility index (Phi) is 3.52. The summed E-state index contributed by atoms with van der Waals surface area (Å²) < 4.78 is 0. The summed E-state index contributed by atoms with van der Waals surface area (Å²) in [5, 5.41) is 8.77. The second kappa shape index (κ2) is 4.29. The minimum atomic E-state index is -0.669. The van der Waals surface area contributed by atoms with E-state index in [-0.39, 0.29) is 0 Å². The van der Waals surface area contributed by atoms with Crippen LogP contribution in [0.2, 0.25) is 0 Å². The summed E-state index contributed by atoms with van der Waals surface area (Å²) in [6.45, 7) is 4.97. The monoisotopic (exact) mass is 195 g/mol. The maximum absolute atomic E-state index is 8.77. The highest BCUT2D eigenvalue weighted by atomic mass is 15.1. The summed E-state index contributed by atoms with van der Waals surface area (Å²) in [6, 6.07) is 2.77. The molecule has 0 radical (unpaired) electrons. The zero-order valence-corrected chi connectivity index (χ0v) is 9.45. The van der Waals surface area contributed by atoms with Gasteiger partial charge in [-0.2, -0.15) is 5.26 Å². The first-order valence-corrected chi connectivity index (χ1v) is 5.36. The van der Waals surface area contributed by atoms with Gasteiger partial charge in [-0.25, -0.2) is 0 Å². The third kappa shape index (κ3) is 3.28. The van der Waals surface area contributed by atoms with Crippen LogP contribution in [0.3, 0.4) is 0 Å². The van der Waals surface area contributed by atoms with Crippen molar-refractivity contribution < 1.29 is 0 Å². The van der Waals surface area contributed by atoms with Gasteiger partial charge in [0.1, 0.15) is 5.54 Å². The Bertz CT molecular complexity index is 225. The Labute approximate surface area is 86.9 Å². The highest BCUT2D eigenvalue weighted by Gasteiger charge is 2.31. The van der Waals surface area contributed by atoms with Crippen molar-refractivity contribution in [3.63, 3.8) is 0 Å². The van der Waals surface area contributed by atoms with Crippen LogP contribution in [0.5, 0.6) is 0 Å². The highest BCUT2D eigenvalue weighted by molar-refractivity contribution is 5.01. The van der Waals surface area contributed by atoms with Crippen LogP contribution in [0.4, 0.5) is 0 Å². The number of nitriles is 1. The molecule has 80 valence electrons. The van der Waals surface area contributed by atoms with Crippen molar-refractivity contribution in [3.05, 3.63) is 0 Å². The Hall–Kier alpha value is -0.590. The normalized spacial score (nSPS) is 22.9. The van der Waals surface area contributed by atoms with Gasteiger partial charge in [-0.15, -0.1) is 0 Å². The van der Waals surface area contributed by atoms with E-state index in [1.807, 2.05) is 0 Å². The van der Waals surface area contributed by atoms with Crippen molar-refractivity contribution in [3.8, 4) is 6.07 Å². The third-order valence-corrected chi connectivity index (χ3v) is 3.24. The SMILES string of the molecule is CC(C1CC1)N(C)CCC(C)(N)C#N. The van der Waals surface area contributed by atoms with Crippen LogP contribution in [0.25, 0.3) is 0 Å². The smallest absolute Gasteiger partial charge is 0.102 e. The fourth-order valence-corrected chi connectivity index (χ4v) is 1.61. The van der Waals surface area contributed by atoms with Crippen molar-refractivity contribution in [1.29, 1.82) is 5.26 Å². The number of nitrogens with two attached hydrogens (primary N) is 1. The average molecular weight is 195 g/mol. The van der Waals surface area contributed by atoms with E-state index >= 15 is 0 Å². The summed E-state index contributed by atoms with van der Waals surface area (Å²) >= 11 is 0. The lowest BCUT2D eigenvalue weighted by atomic mass is 10.0. The Balaban J connectivity index is 2.27. The Morgan fingerprint density at radius 1 is 1.64 bits per heavy atom. The molecule has 0 bridgehead atoms. The predicted molar refractivity (Wildman–Crippen MR) is 57.6 cm³/mol. The molecule has 2 N–H and O–H groups in total. The van der Waals surface area contributed by atoms with Gasteiger partial charge in [0.25, 0.3) is 0 Å². The molecule has 1 aliphatic carbocycles. The van der Waals surface area contributed by atoms with Crippen LogP contribution in [-0.4, -0.2) is 30.1 Å². The van der Waals surface area contributed by atoms with E-state index in [1.54, 1.807) is 6.92 Å². The summed E-state index contributed by atoms with van der Waals surface area (Å²) in [5.41, 5.74) is 5.10. The average Bonchev–Trinajstić information content (AvgIpc) is 2.96. The fourth-order valence-electron chi connectivity index (χ4n) is 1.61. The molecule has 0 heterocycles. The van der Waals surface area contributed by atoms with Crippen LogP contribution in [0.1, 0.15) is 33.1 Å². The molecule has 0 aromatic carbocycles. The van der Waals surface area contributed by atoms with Gasteiger partial charge in [-0.1, -0.05) is 0 Å².